The molecule has 0 unspecified atom stereocenters. The number of benzene rings is 2. The highest BCUT2D eigenvalue weighted by atomic mass is 32.2. The lowest BCUT2D eigenvalue weighted by Crippen LogP contribution is -2.15. The largest absolute Gasteiger partial charge is 0.497 e. The standard InChI is InChI=1S/C18H16F2N4O2S/c1-24-17(11-3-6-13(26-2)7-4-11)22-23-18(24)27-10-16(25)21-15-8-5-12(19)9-14(15)20/h3-9H,10H2,1-2H3,(H,21,25). The molecule has 2 aromatic carbocycles. The van der Waals surface area contributed by atoms with Gasteiger partial charge in [0.25, 0.3) is 0 Å². The SMILES string of the molecule is COc1ccc(-c2nnc(SCC(=O)Nc3ccc(F)cc3F)n2C)cc1. The fourth-order valence-electron chi connectivity index (χ4n) is 2.34. The molecule has 0 atom stereocenters. The van der Waals surface area contributed by atoms with Gasteiger partial charge in [-0.2, -0.15) is 0 Å². The van der Waals surface area contributed by atoms with Crippen LogP contribution in [-0.2, 0) is 11.8 Å². The summed E-state index contributed by atoms with van der Waals surface area (Å²) in [6.45, 7) is 0. The normalized spacial score (nSPS) is 10.7. The second kappa shape index (κ2) is 8.17. The summed E-state index contributed by atoms with van der Waals surface area (Å²) in [5.41, 5.74) is 0.786. The Morgan fingerprint density at radius 1 is 1.19 bits per heavy atom. The predicted octanol–water partition coefficient (Wildman–Crippen LogP) is 3.50. The van der Waals surface area contributed by atoms with Crippen molar-refractivity contribution in [3.05, 3.63) is 54.1 Å². The Morgan fingerprint density at radius 2 is 1.93 bits per heavy atom. The van der Waals surface area contributed by atoms with E-state index in [1.54, 1.807) is 18.7 Å². The monoisotopic (exact) mass is 390 g/mol. The number of hydrogen-bond acceptors (Lipinski definition) is 5. The summed E-state index contributed by atoms with van der Waals surface area (Å²) in [7, 11) is 3.38. The second-order valence-electron chi connectivity index (χ2n) is 5.55. The van der Waals surface area contributed by atoms with E-state index in [1.807, 2.05) is 24.3 Å². The van der Waals surface area contributed by atoms with Gasteiger partial charge in [0, 0.05) is 18.7 Å². The first-order valence-corrected chi connectivity index (χ1v) is 8.88. The number of rotatable bonds is 6. The molecule has 3 rings (SSSR count). The van der Waals surface area contributed by atoms with Crippen LogP contribution in [0.25, 0.3) is 11.4 Å². The molecule has 0 saturated carbocycles. The van der Waals surface area contributed by atoms with Crippen LogP contribution in [0.2, 0.25) is 0 Å². The Hall–Kier alpha value is -2.94. The number of hydrogen-bond donors (Lipinski definition) is 1. The number of anilines is 1. The molecule has 1 N–H and O–H groups in total. The maximum atomic E-state index is 13.6. The molecule has 0 saturated heterocycles. The summed E-state index contributed by atoms with van der Waals surface area (Å²) in [5, 5.41) is 11.2. The van der Waals surface area contributed by atoms with Crippen molar-refractivity contribution in [3.8, 4) is 17.1 Å². The minimum absolute atomic E-state index is 0.00536. The third kappa shape index (κ3) is 4.43. The zero-order valence-corrected chi connectivity index (χ0v) is 15.4. The van der Waals surface area contributed by atoms with Gasteiger partial charge >= 0.3 is 0 Å². The molecule has 0 fully saturated rings. The number of thioether (sulfide) groups is 1. The van der Waals surface area contributed by atoms with Gasteiger partial charge in [-0.25, -0.2) is 8.78 Å². The van der Waals surface area contributed by atoms with Crippen molar-refractivity contribution in [2.45, 2.75) is 5.16 Å². The Morgan fingerprint density at radius 3 is 2.59 bits per heavy atom. The van der Waals surface area contributed by atoms with Gasteiger partial charge in [0.1, 0.15) is 17.4 Å². The van der Waals surface area contributed by atoms with Gasteiger partial charge in [0.15, 0.2) is 11.0 Å². The Labute approximate surface area is 158 Å². The van der Waals surface area contributed by atoms with Crippen molar-refractivity contribution in [2.75, 3.05) is 18.2 Å². The predicted molar refractivity (Wildman–Crippen MR) is 98.7 cm³/mol. The van der Waals surface area contributed by atoms with Crippen LogP contribution in [-0.4, -0.2) is 33.5 Å². The van der Waals surface area contributed by atoms with Crippen molar-refractivity contribution < 1.29 is 18.3 Å². The molecule has 27 heavy (non-hydrogen) atoms. The van der Waals surface area contributed by atoms with Crippen molar-refractivity contribution in [2.24, 2.45) is 7.05 Å². The first kappa shape index (κ1) is 18.8. The number of carbonyl (C=O) groups is 1. The summed E-state index contributed by atoms with van der Waals surface area (Å²) in [5.74, 6) is -0.575. The van der Waals surface area contributed by atoms with Crippen LogP contribution < -0.4 is 10.1 Å². The smallest absolute Gasteiger partial charge is 0.234 e. The van der Waals surface area contributed by atoms with E-state index in [9.17, 15) is 13.6 Å². The highest BCUT2D eigenvalue weighted by Crippen LogP contribution is 2.24. The molecular formula is C18H16F2N4O2S. The fourth-order valence-corrected chi connectivity index (χ4v) is 3.05. The number of aromatic nitrogens is 3. The maximum absolute atomic E-state index is 13.6. The molecule has 0 radical (unpaired) electrons. The number of methoxy groups -OCH3 is 1. The van der Waals surface area contributed by atoms with Crippen molar-refractivity contribution in [3.63, 3.8) is 0 Å². The number of nitrogens with zero attached hydrogens (tertiary/aromatic N) is 3. The van der Waals surface area contributed by atoms with Gasteiger partial charge in [0.2, 0.25) is 5.91 Å². The molecule has 9 heteroatoms. The molecule has 0 aliphatic rings. The van der Waals surface area contributed by atoms with Crippen LogP contribution in [0.15, 0.2) is 47.6 Å². The van der Waals surface area contributed by atoms with Gasteiger partial charge in [-0.1, -0.05) is 11.8 Å². The van der Waals surface area contributed by atoms with Crippen molar-refractivity contribution >= 4 is 23.4 Å². The van der Waals surface area contributed by atoms with E-state index in [4.69, 9.17) is 4.74 Å². The number of halogens is 2. The van der Waals surface area contributed by atoms with Gasteiger partial charge in [-0.3, -0.25) is 4.79 Å². The van der Waals surface area contributed by atoms with Gasteiger partial charge in [-0.05, 0) is 36.4 Å². The number of amides is 1. The highest BCUT2D eigenvalue weighted by molar-refractivity contribution is 7.99. The molecule has 1 aromatic heterocycles. The van der Waals surface area contributed by atoms with Gasteiger partial charge < -0.3 is 14.6 Å². The third-order valence-corrected chi connectivity index (χ3v) is 4.74. The topological polar surface area (TPSA) is 69.0 Å². The molecule has 0 aliphatic heterocycles. The first-order chi connectivity index (χ1) is 13.0. The average molecular weight is 390 g/mol. The number of carbonyl (C=O) groups excluding carboxylic acids is 1. The second-order valence-corrected chi connectivity index (χ2v) is 6.50. The molecule has 0 aliphatic carbocycles. The molecular weight excluding hydrogens is 374 g/mol. The minimum Gasteiger partial charge on any atom is -0.497 e. The van der Waals surface area contributed by atoms with Crippen LogP contribution in [0.1, 0.15) is 0 Å². The zero-order valence-electron chi connectivity index (χ0n) is 14.6. The fraction of sp³-hybridized carbons (Fsp3) is 0.167. The minimum atomic E-state index is -0.825. The van der Waals surface area contributed by atoms with Crippen LogP contribution in [0.5, 0.6) is 5.75 Å². The van der Waals surface area contributed by atoms with E-state index in [-0.39, 0.29) is 11.4 Å². The van der Waals surface area contributed by atoms with E-state index < -0.39 is 17.5 Å². The van der Waals surface area contributed by atoms with Crippen LogP contribution in [0.4, 0.5) is 14.5 Å². The molecule has 0 bridgehead atoms. The summed E-state index contributed by atoms with van der Waals surface area (Å²) in [4.78, 5) is 12.0. The lowest BCUT2D eigenvalue weighted by Gasteiger charge is -2.07. The Bertz CT molecular complexity index is 960. The van der Waals surface area contributed by atoms with E-state index in [0.29, 0.717) is 17.0 Å². The van der Waals surface area contributed by atoms with Crippen LogP contribution in [0.3, 0.4) is 0 Å². The summed E-state index contributed by atoms with van der Waals surface area (Å²) < 4.78 is 33.4. The van der Waals surface area contributed by atoms with E-state index in [2.05, 4.69) is 15.5 Å². The lowest BCUT2D eigenvalue weighted by atomic mass is 10.2. The molecule has 140 valence electrons. The molecule has 0 spiro atoms. The van der Waals surface area contributed by atoms with Crippen LogP contribution >= 0.6 is 11.8 Å². The number of ether oxygens (including phenoxy) is 1. The van der Waals surface area contributed by atoms with Crippen LogP contribution in [0, 0.1) is 11.6 Å². The summed E-state index contributed by atoms with van der Waals surface area (Å²) >= 11 is 1.16. The van der Waals surface area contributed by atoms with E-state index >= 15 is 0 Å². The quantitative estimate of drug-likeness (QED) is 0.653. The maximum Gasteiger partial charge on any atom is 0.234 e. The van der Waals surface area contributed by atoms with Crippen molar-refractivity contribution in [1.82, 2.24) is 14.8 Å². The van der Waals surface area contributed by atoms with Gasteiger partial charge in [0.05, 0.1) is 18.6 Å². The van der Waals surface area contributed by atoms with Gasteiger partial charge in [-0.15, -0.1) is 10.2 Å². The Kier molecular flexibility index (Phi) is 5.70. The average Bonchev–Trinajstić information content (AvgIpc) is 3.03. The third-order valence-electron chi connectivity index (χ3n) is 3.72. The summed E-state index contributed by atoms with van der Waals surface area (Å²) in [6, 6.07) is 10.3. The molecule has 1 amide bonds. The molecule has 3 aromatic rings. The highest BCUT2D eigenvalue weighted by Gasteiger charge is 2.14. The molecule has 6 nitrogen and oxygen atoms in total. The summed E-state index contributed by atoms with van der Waals surface area (Å²) in [6.07, 6.45) is 0. The van der Waals surface area contributed by atoms with Crippen molar-refractivity contribution in [1.29, 1.82) is 0 Å². The number of nitrogens with one attached hydrogen (secondary N) is 1. The Balaban J connectivity index is 1.64. The lowest BCUT2D eigenvalue weighted by molar-refractivity contribution is -0.113. The molecule has 1 heterocycles. The zero-order chi connectivity index (χ0) is 19.4. The first-order valence-electron chi connectivity index (χ1n) is 7.89. The van der Waals surface area contributed by atoms with E-state index in [1.165, 1.54) is 6.07 Å². The van der Waals surface area contributed by atoms with E-state index in [0.717, 1.165) is 29.1 Å².